The molecule has 0 amide bonds. The second-order valence-corrected chi connectivity index (χ2v) is 3.27. The molecule has 0 saturated carbocycles. The first kappa shape index (κ1) is 10.1. The fraction of sp³-hybridized carbons (Fsp3) is 0.300. The van der Waals surface area contributed by atoms with Crippen molar-refractivity contribution in [3.05, 3.63) is 34.9 Å². The molecule has 0 aliphatic heterocycles. The molecule has 1 aromatic carbocycles. The van der Waals surface area contributed by atoms with Gasteiger partial charge in [-0.05, 0) is 24.1 Å². The van der Waals surface area contributed by atoms with Crippen molar-refractivity contribution in [2.75, 3.05) is 0 Å². The number of carbonyl (C=O) groups excluding carboxylic acids is 1. The Labute approximate surface area is 82.2 Å². The third kappa shape index (κ3) is 2.46. The summed E-state index contributed by atoms with van der Waals surface area (Å²) in [5, 5.41) is 11.3. The SMILES string of the molecule is CCC(C(=O)[O-])c1ccc(Cl)cc1. The van der Waals surface area contributed by atoms with Crippen LogP contribution in [0.15, 0.2) is 24.3 Å². The number of carbonyl (C=O) groups is 1. The van der Waals surface area contributed by atoms with Crippen molar-refractivity contribution in [2.24, 2.45) is 0 Å². The van der Waals surface area contributed by atoms with Gasteiger partial charge < -0.3 is 9.90 Å². The van der Waals surface area contributed by atoms with Crippen LogP contribution in [0.2, 0.25) is 5.02 Å². The second-order valence-electron chi connectivity index (χ2n) is 2.83. The van der Waals surface area contributed by atoms with Gasteiger partial charge in [0.15, 0.2) is 0 Å². The number of hydrogen-bond acceptors (Lipinski definition) is 2. The Morgan fingerprint density at radius 1 is 1.46 bits per heavy atom. The highest BCUT2D eigenvalue weighted by Gasteiger charge is 2.09. The molecular weight excluding hydrogens is 188 g/mol. The molecule has 1 rings (SSSR count). The summed E-state index contributed by atoms with van der Waals surface area (Å²) in [6.45, 7) is 1.81. The Morgan fingerprint density at radius 3 is 2.38 bits per heavy atom. The summed E-state index contributed by atoms with van der Waals surface area (Å²) in [6.07, 6.45) is 0.532. The highest BCUT2D eigenvalue weighted by Crippen LogP contribution is 2.20. The number of carboxylic acids is 1. The van der Waals surface area contributed by atoms with Gasteiger partial charge in [-0.15, -0.1) is 0 Å². The van der Waals surface area contributed by atoms with Gasteiger partial charge in [0, 0.05) is 16.9 Å². The minimum atomic E-state index is -1.04. The van der Waals surface area contributed by atoms with E-state index in [1.807, 2.05) is 6.92 Å². The number of benzene rings is 1. The summed E-state index contributed by atoms with van der Waals surface area (Å²) in [7, 11) is 0. The molecule has 1 atom stereocenters. The molecule has 0 saturated heterocycles. The lowest BCUT2D eigenvalue weighted by Crippen LogP contribution is -2.29. The maximum atomic E-state index is 10.7. The van der Waals surface area contributed by atoms with Crippen molar-refractivity contribution in [1.29, 1.82) is 0 Å². The van der Waals surface area contributed by atoms with Crippen LogP contribution in [0.4, 0.5) is 0 Å². The zero-order valence-electron chi connectivity index (χ0n) is 7.29. The Balaban J connectivity index is 2.92. The molecule has 0 fully saturated rings. The largest absolute Gasteiger partial charge is 0.549 e. The van der Waals surface area contributed by atoms with Gasteiger partial charge in [0.25, 0.3) is 0 Å². The fourth-order valence-electron chi connectivity index (χ4n) is 1.23. The predicted octanol–water partition coefficient (Wildman–Crippen LogP) is 1.58. The highest BCUT2D eigenvalue weighted by atomic mass is 35.5. The Hall–Kier alpha value is -1.02. The summed E-state index contributed by atoms with van der Waals surface area (Å²) < 4.78 is 0. The average Bonchev–Trinajstić information content (AvgIpc) is 2.09. The van der Waals surface area contributed by atoms with E-state index in [0.29, 0.717) is 11.4 Å². The number of rotatable bonds is 3. The topological polar surface area (TPSA) is 40.1 Å². The van der Waals surface area contributed by atoms with Gasteiger partial charge in [-0.3, -0.25) is 0 Å². The molecule has 0 spiro atoms. The normalized spacial score (nSPS) is 12.5. The van der Waals surface area contributed by atoms with Gasteiger partial charge in [-0.1, -0.05) is 30.7 Å². The van der Waals surface area contributed by atoms with E-state index in [-0.39, 0.29) is 0 Å². The highest BCUT2D eigenvalue weighted by molar-refractivity contribution is 6.30. The molecule has 0 aliphatic carbocycles. The zero-order chi connectivity index (χ0) is 9.84. The van der Waals surface area contributed by atoms with E-state index >= 15 is 0 Å². The molecule has 1 unspecified atom stereocenters. The third-order valence-corrected chi connectivity index (χ3v) is 2.22. The van der Waals surface area contributed by atoms with Crippen molar-refractivity contribution in [1.82, 2.24) is 0 Å². The van der Waals surface area contributed by atoms with E-state index < -0.39 is 11.9 Å². The van der Waals surface area contributed by atoms with Crippen molar-refractivity contribution in [3.8, 4) is 0 Å². The van der Waals surface area contributed by atoms with Crippen LogP contribution in [-0.2, 0) is 4.79 Å². The minimum absolute atomic E-state index is 0.530. The minimum Gasteiger partial charge on any atom is -0.549 e. The van der Waals surface area contributed by atoms with E-state index in [1.165, 1.54) is 0 Å². The summed E-state index contributed by atoms with van der Waals surface area (Å²) in [4.78, 5) is 10.7. The summed E-state index contributed by atoms with van der Waals surface area (Å²) >= 11 is 5.68. The van der Waals surface area contributed by atoms with Crippen LogP contribution in [0.25, 0.3) is 0 Å². The van der Waals surface area contributed by atoms with Crippen molar-refractivity contribution in [3.63, 3.8) is 0 Å². The smallest absolute Gasteiger partial charge is 0.0489 e. The molecule has 0 heterocycles. The first-order valence-electron chi connectivity index (χ1n) is 4.11. The van der Waals surface area contributed by atoms with Gasteiger partial charge in [-0.25, -0.2) is 0 Å². The number of hydrogen-bond donors (Lipinski definition) is 0. The molecule has 70 valence electrons. The van der Waals surface area contributed by atoms with E-state index in [1.54, 1.807) is 24.3 Å². The zero-order valence-corrected chi connectivity index (χ0v) is 8.04. The lowest BCUT2D eigenvalue weighted by atomic mass is 9.97. The van der Waals surface area contributed by atoms with Crippen LogP contribution in [-0.4, -0.2) is 5.97 Å². The Morgan fingerprint density at radius 2 is 2.00 bits per heavy atom. The van der Waals surface area contributed by atoms with Gasteiger partial charge in [0.1, 0.15) is 0 Å². The second kappa shape index (κ2) is 4.28. The molecular formula is C10H10ClO2-. The van der Waals surface area contributed by atoms with E-state index in [9.17, 15) is 9.90 Å². The summed E-state index contributed by atoms with van der Waals surface area (Å²) in [5.41, 5.74) is 0.743. The fourth-order valence-corrected chi connectivity index (χ4v) is 1.36. The van der Waals surface area contributed by atoms with E-state index in [4.69, 9.17) is 11.6 Å². The van der Waals surface area contributed by atoms with Crippen LogP contribution in [0.1, 0.15) is 24.8 Å². The molecule has 2 nitrogen and oxygen atoms in total. The lowest BCUT2D eigenvalue weighted by molar-refractivity contribution is -0.308. The Kier molecular flexibility index (Phi) is 3.32. The maximum Gasteiger partial charge on any atom is 0.0489 e. The molecule has 1 aromatic rings. The summed E-state index contributed by atoms with van der Waals surface area (Å²) in [6, 6.07) is 6.80. The van der Waals surface area contributed by atoms with Gasteiger partial charge in [0.05, 0.1) is 0 Å². The number of aliphatic carboxylic acids is 1. The molecule has 0 bridgehead atoms. The first-order valence-corrected chi connectivity index (χ1v) is 4.49. The van der Waals surface area contributed by atoms with Crippen molar-refractivity contribution < 1.29 is 9.90 Å². The quantitative estimate of drug-likeness (QED) is 0.738. The van der Waals surface area contributed by atoms with Crippen LogP contribution < -0.4 is 5.11 Å². The van der Waals surface area contributed by atoms with Crippen LogP contribution in [0.5, 0.6) is 0 Å². The molecule has 0 N–H and O–H groups in total. The number of halogens is 1. The van der Waals surface area contributed by atoms with Crippen molar-refractivity contribution >= 4 is 17.6 Å². The molecule has 0 radical (unpaired) electrons. The average molecular weight is 198 g/mol. The van der Waals surface area contributed by atoms with Crippen LogP contribution in [0.3, 0.4) is 0 Å². The first-order chi connectivity index (χ1) is 6.15. The van der Waals surface area contributed by atoms with Crippen LogP contribution in [0, 0.1) is 0 Å². The van der Waals surface area contributed by atoms with E-state index in [0.717, 1.165) is 5.56 Å². The summed E-state index contributed by atoms with van der Waals surface area (Å²) in [5.74, 6) is -1.57. The number of carboxylic acid groups (broad SMARTS) is 1. The maximum absolute atomic E-state index is 10.7. The van der Waals surface area contributed by atoms with Gasteiger partial charge in [-0.2, -0.15) is 0 Å². The third-order valence-electron chi connectivity index (χ3n) is 1.97. The molecule has 3 heteroatoms. The van der Waals surface area contributed by atoms with Crippen molar-refractivity contribution in [2.45, 2.75) is 19.3 Å². The lowest BCUT2D eigenvalue weighted by Gasteiger charge is -2.15. The van der Waals surface area contributed by atoms with Crippen LogP contribution >= 0.6 is 11.6 Å². The monoisotopic (exact) mass is 197 g/mol. The van der Waals surface area contributed by atoms with E-state index in [2.05, 4.69) is 0 Å². The predicted molar refractivity (Wildman–Crippen MR) is 49.5 cm³/mol. The van der Waals surface area contributed by atoms with Gasteiger partial charge in [0.2, 0.25) is 0 Å². The molecule has 0 aromatic heterocycles. The standard InChI is InChI=1S/C10H11ClO2/c1-2-9(10(12)13)7-3-5-8(11)6-4-7/h3-6,9H,2H2,1H3,(H,12,13)/p-1. The Bertz CT molecular complexity index is 292. The molecule has 13 heavy (non-hydrogen) atoms. The molecule has 0 aliphatic rings. The van der Waals surface area contributed by atoms with Gasteiger partial charge >= 0.3 is 0 Å².